The highest BCUT2D eigenvalue weighted by Crippen LogP contribution is 2.09. The van der Waals surface area contributed by atoms with E-state index in [1.54, 1.807) is 0 Å². The third-order valence-electron chi connectivity index (χ3n) is 3.27. The molecule has 1 aromatic rings. The molecular formula is C14H19ClN3O2+. The summed E-state index contributed by atoms with van der Waals surface area (Å²) in [5, 5.41) is 6.35. The third-order valence-corrected chi connectivity index (χ3v) is 3.52. The first-order valence-corrected chi connectivity index (χ1v) is 7.12. The van der Waals surface area contributed by atoms with E-state index in [-0.39, 0.29) is 11.8 Å². The molecule has 20 heavy (non-hydrogen) atoms. The van der Waals surface area contributed by atoms with E-state index >= 15 is 0 Å². The number of hydrogen-bond donors (Lipinski definition) is 3. The maximum atomic E-state index is 11.8. The summed E-state index contributed by atoms with van der Waals surface area (Å²) in [6.07, 6.45) is 0.777. The van der Waals surface area contributed by atoms with Crippen molar-refractivity contribution >= 4 is 23.4 Å². The normalized spacial score (nSPS) is 18.4. The quantitative estimate of drug-likeness (QED) is 0.654. The van der Waals surface area contributed by atoms with E-state index in [9.17, 15) is 9.59 Å². The molecule has 1 unspecified atom stereocenters. The highest BCUT2D eigenvalue weighted by molar-refractivity contribution is 6.30. The van der Waals surface area contributed by atoms with Gasteiger partial charge in [-0.2, -0.15) is 0 Å². The standard InChI is InChI=1S/C14H18ClN3O2/c15-12-3-1-11(2-4-12)5-6-16-13(19)9-18-8-7-17-14(20)10-18/h1-4H,5-10H2,(H,16,19)(H,17,20)/p+1. The molecule has 5 nitrogen and oxygen atoms in total. The van der Waals surface area contributed by atoms with Gasteiger partial charge in [0.25, 0.3) is 11.8 Å². The summed E-state index contributed by atoms with van der Waals surface area (Å²) in [7, 11) is 0. The summed E-state index contributed by atoms with van der Waals surface area (Å²) in [4.78, 5) is 24.0. The van der Waals surface area contributed by atoms with E-state index in [0.29, 0.717) is 31.2 Å². The van der Waals surface area contributed by atoms with Crippen molar-refractivity contribution in [3.8, 4) is 0 Å². The molecule has 6 heteroatoms. The summed E-state index contributed by atoms with van der Waals surface area (Å²) in [5.74, 6) is 0.00359. The Morgan fingerprint density at radius 1 is 1.35 bits per heavy atom. The number of quaternary nitrogens is 1. The van der Waals surface area contributed by atoms with E-state index in [0.717, 1.165) is 23.4 Å². The molecule has 1 aliphatic rings. The number of carbonyl (C=O) groups excluding carboxylic acids is 2. The van der Waals surface area contributed by atoms with E-state index in [2.05, 4.69) is 10.6 Å². The molecule has 1 fully saturated rings. The molecule has 0 bridgehead atoms. The second kappa shape index (κ2) is 7.26. The summed E-state index contributed by atoms with van der Waals surface area (Å²) < 4.78 is 0. The van der Waals surface area contributed by atoms with E-state index in [4.69, 9.17) is 11.6 Å². The molecule has 2 rings (SSSR count). The van der Waals surface area contributed by atoms with Gasteiger partial charge >= 0.3 is 0 Å². The van der Waals surface area contributed by atoms with Crippen molar-refractivity contribution < 1.29 is 14.5 Å². The molecule has 2 amide bonds. The van der Waals surface area contributed by atoms with Crippen LogP contribution in [0.2, 0.25) is 5.02 Å². The zero-order valence-corrected chi connectivity index (χ0v) is 12.0. The van der Waals surface area contributed by atoms with Gasteiger partial charge in [-0.25, -0.2) is 0 Å². The van der Waals surface area contributed by atoms with Crippen LogP contribution >= 0.6 is 11.6 Å². The van der Waals surface area contributed by atoms with Crippen LogP contribution < -0.4 is 15.5 Å². The Kier molecular flexibility index (Phi) is 5.38. The number of benzene rings is 1. The van der Waals surface area contributed by atoms with E-state index in [1.807, 2.05) is 24.3 Å². The lowest BCUT2D eigenvalue weighted by Gasteiger charge is -2.22. The summed E-state index contributed by atoms with van der Waals surface area (Å²) in [5.41, 5.74) is 1.14. The molecule has 1 heterocycles. The van der Waals surface area contributed by atoms with Crippen molar-refractivity contribution in [3.63, 3.8) is 0 Å². The first-order chi connectivity index (χ1) is 9.63. The average Bonchev–Trinajstić information content (AvgIpc) is 2.41. The Bertz CT molecular complexity index is 476. The van der Waals surface area contributed by atoms with Gasteiger partial charge in [0.15, 0.2) is 13.1 Å². The predicted molar refractivity (Wildman–Crippen MR) is 76.7 cm³/mol. The molecule has 108 valence electrons. The zero-order valence-electron chi connectivity index (χ0n) is 11.2. The molecule has 0 aromatic heterocycles. The maximum absolute atomic E-state index is 11.8. The number of carbonyl (C=O) groups is 2. The summed E-state index contributed by atoms with van der Waals surface area (Å²) in [6.45, 7) is 2.78. The zero-order chi connectivity index (χ0) is 14.4. The van der Waals surface area contributed by atoms with Crippen LogP contribution in [0, 0.1) is 0 Å². The molecule has 1 aromatic carbocycles. The van der Waals surface area contributed by atoms with Gasteiger partial charge in [0, 0.05) is 11.6 Å². The highest BCUT2D eigenvalue weighted by atomic mass is 35.5. The fourth-order valence-corrected chi connectivity index (χ4v) is 2.32. The molecule has 0 aliphatic carbocycles. The van der Waals surface area contributed by atoms with Crippen molar-refractivity contribution in [1.82, 2.24) is 10.6 Å². The number of nitrogens with one attached hydrogen (secondary N) is 3. The average molecular weight is 297 g/mol. The second-order valence-electron chi connectivity index (χ2n) is 4.93. The fraction of sp³-hybridized carbons (Fsp3) is 0.429. The minimum Gasteiger partial charge on any atom is -0.351 e. The maximum Gasteiger partial charge on any atom is 0.275 e. The van der Waals surface area contributed by atoms with Crippen LogP contribution in [-0.4, -0.2) is 44.5 Å². The second-order valence-corrected chi connectivity index (χ2v) is 5.37. The van der Waals surface area contributed by atoms with Crippen LogP contribution in [0.5, 0.6) is 0 Å². The monoisotopic (exact) mass is 296 g/mol. The van der Waals surface area contributed by atoms with E-state index < -0.39 is 0 Å². The molecular weight excluding hydrogens is 278 g/mol. The van der Waals surface area contributed by atoms with Crippen LogP contribution in [0.15, 0.2) is 24.3 Å². The minimum atomic E-state index is -0.0105. The van der Waals surface area contributed by atoms with Crippen LogP contribution in [0.25, 0.3) is 0 Å². The number of piperazine rings is 1. The highest BCUT2D eigenvalue weighted by Gasteiger charge is 2.21. The number of rotatable bonds is 5. The molecule has 0 radical (unpaired) electrons. The predicted octanol–water partition coefficient (Wildman–Crippen LogP) is -0.987. The summed E-state index contributed by atoms with van der Waals surface area (Å²) >= 11 is 5.81. The Labute approximate surface area is 123 Å². The number of hydrogen-bond acceptors (Lipinski definition) is 2. The van der Waals surface area contributed by atoms with Gasteiger partial charge in [0.2, 0.25) is 0 Å². The van der Waals surface area contributed by atoms with Crippen LogP contribution in [0.4, 0.5) is 0 Å². The molecule has 0 saturated carbocycles. The van der Waals surface area contributed by atoms with Gasteiger partial charge in [-0.3, -0.25) is 9.59 Å². The molecule has 1 atom stereocenters. The lowest BCUT2D eigenvalue weighted by molar-refractivity contribution is -0.885. The summed E-state index contributed by atoms with van der Waals surface area (Å²) in [6, 6.07) is 7.59. The number of amides is 2. The largest absolute Gasteiger partial charge is 0.351 e. The van der Waals surface area contributed by atoms with Crippen molar-refractivity contribution in [1.29, 1.82) is 0 Å². The Morgan fingerprint density at radius 3 is 2.80 bits per heavy atom. The minimum absolute atomic E-state index is 0.0105. The topological polar surface area (TPSA) is 62.6 Å². The van der Waals surface area contributed by atoms with Gasteiger partial charge in [-0.1, -0.05) is 23.7 Å². The lowest BCUT2D eigenvalue weighted by Crippen LogP contribution is -3.16. The Balaban J connectivity index is 1.67. The Hall–Kier alpha value is -1.59. The third kappa shape index (κ3) is 4.83. The molecule has 1 aliphatic heterocycles. The van der Waals surface area contributed by atoms with E-state index in [1.165, 1.54) is 0 Å². The lowest BCUT2D eigenvalue weighted by atomic mass is 10.1. The van der Waals surface area contributed by atoms with Gasteiger partial charge in [0.05, 0.1) is 13.1 Å². The van der Waals surface area contributed by atoms with Crippen LogP contribution in [0.3, 0.4) is 0 Å². The van der Waals surface area contributed by atoms with Crippen molar-refractivity contribution in [2.24, 2.45) is 0 Å². The van der Waals surface area contributed by atoms with Gasteiger partial charge in [0.1, 0.15) is 0 Å². The van der Waals surface area contributed by atoms with Crippen LogP contribution in [0.1, 0.15) is 5.56 Å². The molecule has 3 N–H and O–H groups in total. The van der Waals surface area contributed by atoms with Crippen molar-refractivity contribution in [2.45, 2.75) is 6.42 Å². The van der Waals surface area contributed by atoms with Gasteiger partial charge in [-0.05, 0) is 24.1 Å². The molecule has 0 spiro atoms. The SMILES string of the molecule is O=C(C[NH+]1CCNC(=O)C1)NCCc1ccc(Cl)cc1. The van der Waals surface area contributed by atoms with Gasteiger partial charge < -0.3 is 15.5 Å². The fourth-order valence-electron chi connectivity index (χ4n) is 2.19. The van der Waals surface area contributed by atoms with Crippen molar-refractivity contribution in [2.75, 3.05) is 32.7 Å². The smallest absolute Gasteiger partial charge is 0.275 e. The number of halogens is 1. The first-order valence-electron chi connectivity index (χ1n) is 6.75. The van der Waals surface area contributed by atoms with Crippen LogP contribution in [-0.2, 0) is 16.0 Å². The first kappa shape index (κ1) is 14.8. The van der Waals surface area contributed by atoms with Crippen molar-refractivity contribution in [3.05, 3.63) is 34.9 Å². The van der Waals surface area contributed by atoms with Gasteiger partial charge in [-0.15, -0.1) is 0 Å². The Morgan fingerprint density at radius 2 is 2.10 bits per heavy atom. The molecule has 1 saturated heterocycles.